The number of nitrogens with one attached hydrogen (secondary N) is 1. The molecule has 1 N–H and O–H groups in total. The second kappa shape index (κ2) is 8.23. The quantitative estimate of drug-likeness (QED) is 0.840. The summed E-state index contributed by atoms with van der Waals surface area (Å²) in [5, 5.41) is 3.86. The largest absolute Gasteiger partial charge is 0.369 e. The van der Waals surface area contributed by atoms with E-state index >= 15 is 0 Å². The molecule has 2 aromatic carbocycles. The monoisotopic (exact) mass is 397 g/mol. The molecule has 0 saturated carbocycles. The predicted octanol–water partition coefficient (Wildman–Crippen LogP) is 3.47. The highest BCUT2D eigenvalue weighted by atomic mass is 35.5. The van der Waals surface area contributed by atoms with E-state index in [0.29, 0.717) is 18.5 Å². The van der Waals surface area contributed by atoms with Crippen LogP contribution in [-0.2, 0) is 11.3 Å². The lowest BCUT2D eigenvalue weighted by Crippen LogP contribution is -2.37. The molecule has 1 unspecified atom stereocenters. The minimum atomic E-state index is -0.0493. The van der Waals surface area contributed by atoms with Crippen LogP contribution in [0.15, 0.2) is 48.5 Å². The summed E-state index contributed by atoms with van der Waals surface area (Å²) in [7, 11) is 0. The lowest BCUT2D eigenvalue weighted by molar-refractivity contribution is -0.128. The fourth-order valence-corrected chi connectivity index (χ4v) is 4.01. The maximum atomic E-state index is 12.6. The minimum Gasteiger partial charge on any atom is -0.369 e. The minimum absolute atomic E-state index is 0.0493. The highest BCUT2D eigenvalue weighted by Gasteiger charge is 2.24. The van der Waals surface area contributed by atoms with Crippen molar-refractivity contribution in [3.63, 3.8) is 0 Å². The molecular weight excluding hydrogens is 374 g/mol. The van der Waals surface area contributed by atoms with E-state index in [9.17, 15) is 9.59 Å². The third-order valence-electron chi connectivity index (χ3n) is 5.48. The number of rotatable bonds is 5. The van der Waals surface area contributed by atoms with Gasteiger partial charge in [0.15, 0.2) is 0 Å². The SMILES string of the molecule is O=C(NC1CCN(c2ccc(Cl)cc2)C1)c1ccc(CN2CCCC2=O)cc1. The van der Waals surface area contributed by atoms with Crippen molar-refractivity contribution in [1.82, 2.24) is 10.2 Å². The Balaban J connectivity index is 1.31. The Morgan fingerprint density at radius 2 is 1.82 bits per heavy atom. The van der Waals surface area contributed by atoms with Crippen molar-refractivity contribution in [2.24, 2.45) is 0 Å². The molecule has 6 heteroatoms. The fraction of sp³-hybridized carbons (Fsp3) is 0.364. The Bertz CT molecular complexity index is 851. The summed E-state index contributed by atoms with van der Waals surface area (Å²) in [4.78, 5) is 28.5. The number of hydrogen-bond acceptors (Lipinski definition) is 3. The first kappa shape index (κ1) is 18.8. The maximum Gasteiger partial charge on any atom is 0.251 e. The number of anilines is 1. The molecule has 2 aliphatic heterocycles. The van der Waals surface area contributed by atoms with Gasteiger partial charge in [0.1, 0.15) is 0 Å². The molecule has 2 amide bonds. The molecule has 0 aromatic heterocycles. The molecule has 2 aromatic rings. The van der Waals surface area contributed by atoms with Gasteiger partial charge < -0.3 is 15.1 Å². The van der Waals surface area contributed by atoms with E-state index in [1.165, 1.54) is 0 Å². The number of hydrogen-bond donors (Lipinski definition) is 1. The zero-order valence-electron chi connectivity index (χ0n) is 15.7. The van der Waals surface area contributed by atoms with Gasteiger partial charge in [-0.2, -0.15) is 0 Å². The van der Waals surface area contributed by atoms with Crippen LogP contribution in [-0.4, -0.2) is 42.4 Å². The normalized spacial score (nSPS) is 19.3. The van der Waals surface area contributed by atoms with Gasteiger partial charge in [0.05, 0.1) is 0 Å². The van der Waals surface area contributed by atoms with E-state index in [0.717, 1.165) is 48.7 Å². The average molecular weight is 398 g/mol. The van der Waals surface area contributed by atoms with Gasteiger partial charge in [0.25, 0.3) is 5.91 Å². The maximum absolute atomic E-state index is 12.6. The third kappa shape index (κ3) is 4.30. The van der Waals surface area contributed by atoms with Crippen LogP contribution in [0, 0.1) is 0 Å². The van der Waals surface area contributed by atoms with Gasteiger partial charge >= 0.3 is 0 Å². The van der Waals surface area contributed by atoms with Crippen molar-refractivity contribution >= 4 is 29.1 Å². The molecular formula is C22H24ClN3O2. The Labute approximate surface area is 170 Å². The molecule has 0 aliphatic carbocycles. The van der Waals surface area contributed by atoms with E-state index in [1.54, 1.807) is 0 Å². The highest BCUT2D eigenvalue weighted by molar-refractivity contribution is 6.30. The van der Waals surface area contributed by atoms with Gasteiger partial charge in [-0.25, -0.2) is 0 Å². The first-order valence-corrected chi connectivity index (χ1v) is 10.1. The van der Waals surface area contributed by atoms with Crippen molar-refractivity contribution in [2.45, 2.75) is 31.8 Å². The van der Waals surface area contributed by atoms with E-state index < -0.39 is 0 Å². The fourth-order valence-electron chi connectivity index (χ4n) is 3.89. The molecule has 0 radical (unpaired) electrons. The molecule has 2 fully saturated rings. The van der Waals surface area contributed by atoms with E-state index in [4.69, 9.17) is 11.6 Å². The Morgan fingerprint density at radius 1 is 1.07 bits per heavy atom. The summed E-state index contributed by atoms with van der Waals surface area (Å²) in [5.74, 6) is 0.167. The van der Waals surface area contributed by atoms with Gasteiger partial charge in [-0.05, 0) is 54.8 Å². The van der Waals surface area contributed by atoms with E-state index in [-0.39, 0.29) is 17.9 Å². The Hall–Kier alpha value is -2.53. The van der Waals surface area contributed by atoms with E-state index in [1.807, 2.05) is 53.4 Å². The van der Waals surface area contributed by atoms with Crippen LogP contribution in [0.25, 0.3) is 0 Å². The zero-order valence-corrected chi connectivity index (χ0v) is 16.5. The topological polar surface area (TPSA) is 52.7 Å². The number of carbonyl (C=O) groups is 2. The molecule has 5 nitrogen and oxygen atoms in total. The van der Waals surface area contributed by atoms with Crippen LogP contribution >= 0.6 is 11.6 Å². The Kier molecular flexibility index (Phi) is 5.53. The number of halogens is 1. The number of nitrogens with zero attached hydrogens (tertiary/aromatic N) is 2. The molecule has 2 aliphatic rings. The molecule has 0 spiro atoms. The molecule has 146 valence electrons. The van der Waals surface area contributed by atoms with Crippen LogP contribution in [0.5, 0.6) is 0 Å². The van der Waals surface area contributed by atoms with Gasteiger partial charge in [0, 0.05) is 54.9 Å². The Morgan fingerprint density at radius 3 is 2.50 bits per heavy atom. The summed E-state index contributed by atoms with van der Waals surface area (Å²) in [5.41, 5.74) is 2.84. The lowest BCUT2D eigenvalue weighted by atomic mass is 10.1. The van der Waals surface area contributed by atoms with Gasteiger partial charge in [-0.15, -0.1) is 0 Å². The summed E-state index contributed by atoms with van der Waals surface area (Å²) in [6, 6.07) is 15.5. The average Bonchev–Trinajstić information content (AvgIpc) is 3.32. The molecule has 4 rings (SSSR count). The van der Waals surface area contributed by atoms with Crippen molar-refractivity contribution in [3.05, 3.63) is 64.7 Å². The molecule has 1 atom stereocenters. The van der Waals surface area contributed by atoms with Crippen LogP contribution in [0.3, 0.4) is 0 Å². The lowest BCUT2D eigenvalue weighted by Gasteiger charge is -2.19. The number of carbonyl (C=O) groups excluding carboxylic acids is 2. The third-order valence-corrected chi connectivity index (χ3v) is 5.73. The highest BCUT2D eigenvalue weighted by Crippen LogP contribution is 2.22. The van der Waals surface area contributed by atoms with E-state index in [2.05, 4.69) is 10.2 Å². The van der Waals surface area contributed by atoms with Crippen LogP contribution in [0.4, 0.5) is 5.69 Å². The zero-order chi connectivity index (χ0) is 19.5. The first-order chi connectivity index (χ1) is 13.6. The van der Waals surface area contributed by atoms with Crippen LogP contribution in [0.1, 0.15) is 35.2 Å². The molecule has 2 saturated heterocycles. The standard InChI is InChI=1S/C22H24ClN3O2/c23-18-7-9-20(10-8-18)25-13-11-19(15-25)24-22(28)17-5-3-16(4-6-17)14-26-12-1-2-21(26)27/h3-10,19H,1-2,11-15H2,(H,24,28). The number of likely N-dealkylation sites (tertiary alicyclic amines) is 1. The second-order valence-corrected chi connectivity index (χ2v) is 7.93. The molecule has 0 bridgehead atoms. The van der Waals surface area contributed by atoms with Crippen molar-refractivity contribution in [1.29, 1.82) is 0 Å². The van der Waals surface area contributed by atoms with Gasteiger partial charge in [0.2, 0.25) is 5.91 Å². The van der Waals surface area contributed by atoms with Crippen LogP contribution < -0.4 is 10.2 Å². The van der Waals surface area contributed by atoms with Crippen molar-refractivity contribution < 1.29 is 9.59 Å². The van der Waals surface area contributed by atoms with Gasteiger partial charge in [-0.3, -0.25) is 9.59 Å². The molecule has 28 heavy (non-hydrogen) atoms. The van der Waals surface area contributed by atoms with Crippen molar-refractivity contribution in [3.8, 4) is 0 Å². The smallest absolute Gasteiger partial charge is 0.251 e. The second-order valence-electron chi connectivity index (χ2n) is 7.50. The van der Waals surface area contributed by atoms with Crippen LogP contribution in [0.2, 0.25) is 5.02 Å². The van der Waals surface area contributed by atoms with Gasteiger partial charge in [-0.1, -0.05) is 23.7 Å². The summed E-state index contributed by atoms with van der Waals surface area (Å²) < 4.78 is 0. The summed E-state index contributed by atoms with van der Waals surface area (Å²) in [6.07, 6.45) is 2.51. The summed E-state index contributed by atoms with van der Waals surface area (Å²) in [6.45, 7) is 3.16. The first-order valence-electron chi connectivity index (χ1n) is 9.76. The van der Waals surface area contributed by atoms with Crippen molar-refractivity contribution in [2.75, 3.05) is 24.5 Å². The number of amides is 2. The molecule has 2 heterocycles. The predicted molar refractivity (Wildman–Crippen MR) is 111 cm³/mol. The number of benzene rings is 2. The summed E-state index contributed by atoms with van der Waals surface area (Å²) >= 11 is 5.95.